The van der Waals surface area contributed by atoms with Gasteiger partial charge in [-0.2, -0.15) is 0 Å². The quantitative estimate of drug-likeness (QED) is 0.176. The molecular weight excluding hydrogens is 717 g/mol. The summed E-state index contributed by atoms with van der Waals surface area (Å²) in [5.41, 5.74) is 10.2. The number of thiophene rings is 1. The van der Waals surface area contributed by atoms with Crippen molar-refractivity contribution in [2.75, 3.05) is 9.80 Å². The molecule has 5 heteroatoms. The molecule has 2 heterocycles. The Hall–Kier alpha value is -7.08. The lowest BCUT2D eigenvalue weighted by Crippen LogP contribution is -2.10. The molecular formula is C52H36N2O2S. The SMILES string of the molecule is Oc1ccccc1-c1cccc(N(c2ccccc2)c2cc3sc4ccc(N(c5ccccc5)c5cccc6c7c(oc56)CCC=C7)cc4c3c3ccccc23)c1. The van der Waals surface area contributed by atoms with Crippen LogP contribution in [0.2, 0.25) is 0 Å². The summed E-state index contributed by atoms with van der Waals surface area (Å²) < 4.78 is 9.13. The molecule has 0 saturated heterocycles. The normalized spacial score (nSPS) is 12.4. The van der Waals surface area contributed by atoms with Crippen LogP contribution in [0.1, 0.15) is 17.7 Å². The maximum absolute atomic E-state index is 10.8. The number of aromatic hydroxyl groups is 1. The van der Waals surface area contributed by atoms with Crippen molar-refractivity contribution in [3.05, 3.63) is 193 Å². The van der Waals surface area contributed by atoms with E-state index in [4.69, 9.17) is 4.42 Å². The molecule has 4 nitrogen and oxygen atoms in total. The molecule has 11 rings (SSSR count). The zero-order valence-corrected chi connectivity index (χ0v) is 31.8. The van der Waals surface area contributed by atoms with Gasteiger partial charge in [-0.3, -0.25) is 0 Å². The predicted molar refractivity (Wildman–Crippen MR) is 240 cm³/mol. The number of rotatable bonds is 7. The minimum Gasteiger partial charge on any atom is -0.507 e. The molecule has 1 N–H and O–H groups in total. The lowest BCUT2D eigenvalue weighted by molar-refractivity contribution is 0.477. The summed E-state index contributed by atoms with van der Waals surface area (Å²) in [6.07, 6.45) is 6.37. The largest absolute Gasteiger partial charge is 0.507 e. The van der Waals surface area contributed by atoms with Crippen LogP contribution in [0.3, 0.4) is 0 Å². The third-order valence-corrected chi connectivity index (χ3v) is 12.3. The molecule has 57 heavy (non-hydrogen) atoms. The van der Waals surface area contributed by atoms with Crippen molar-refractivity contribution >= 4 is 93.5 Å². The molecule has 0 unspecified atom stereocenters. The fraction of sp³-hybridized carbons (Fsp3) is 0.0385. The van der Waals surface area contributed by atoms with Gasteiger partial charge in [0.15, 0.2) is 5.58 Å². The van der Waals surface area contributed by atoms with Crippen LogP contribution in [0.5, 0.6) is 5.75 Å². The number of furan rings is 1. The number of phenolic OH excluding ortho intramolecular Hbond substituents is 1. The molecule has 0 aliphatic heterocycles. The van der Waals surface area contributed by atoms with E-state index in [0.717, 1.165) is 80.2 Å². The standard InChI is InChI=1S/C52H36N2O2S/c55-47-27-11-9-21-39(47)34-15-13-20-37(31-34)54(36-18-5-2-6-19-36)46-33-50-51(42-24-8-7-22-40(42)46)44-32-38(29-30-49(44)57-50)53(35-16-3-1-4-17-35)45-26-14-25-43-41-23-10-12-28-48(41)56-52(43)45/h1-11,13-27,29-33,55H,12,28H2. The van der Waals surface area contributed by atoms with Crippen LogP contribution in [-0.2, 0) is 6.42 Å². The van der Waals surface area contributed by atoms with E-state index < -0.39 is 0 Å². The lowest BCUT2D eigenvalue weighted by atomic mass is 9.99. The van der Waals surface area contributed by atoms with Gasteiger partial charge in [0, 0.05) is 71.2 Å². The zero-order chi connectivity index (χ0) is 37.9. The Bertz CT molecular complexity index is 3160. The van der Waals surface area contributed by atoms with Crippen LogP contribution in [0.15, 0.2) is 186 Å². The van der Waals surface area contributed by atoms with Crippen molar-refractivity contribution in [1.82, 2.24) is 0 Å². The van der Waals surface area contributed by atoms with Crippen molar-refractivity contribution in [1.29, 1.82) is 0 Å². The van der Waals surface area contributed by atoms with E-state index in [9.17, 15) is 5.11 Å². The minimum atomic E-state index is 0.264. The van der Waals surface area contributed by atoms with E-state index >= 15 is 0 Å². The Kier molecular flexibility index (Phi) is 7.93. The first-order valence-electron chi connectivity index (χ1n) is 19.4. The fourth-order valence-electron chi connectivity index (χ4n) is 8.61. The Morgan fingerprint density at radius 3 is 1.98 bits per heavy atom. The number of benzene rings is 8. The van der Waals surface area contributed by atoms with E-state index in [1.807, 2.05) is 29.5 Å². The van der Waals surface area contributed by atoms with Gasteiger partial charge in [-0.15, -0.1) is 11.3 Å². The maximum Gasteiger partial charge on any atom is 0.158 e. The highest BCUT2D eigenvalue weighted by Gasteiger charge is 2.24. The Morgan fingerprint density at radius 1 is 0.509 bits per heavy atom. The van der Waals surface area contributed by atoms with Crippen LogP contribution < -0.4 is 9.80 Å². The summed E-state index contributed by atoms with van der Waals surface area (Å²) in [4.78, 5) is 4.69. The van der Waals surface area contributed by atoms with Gasteiger partial charge in [0.1, 0.15) is 11.5 Å². The van der Waals surface area contributed by atoms with Gasteiger partial charge in [-0.1, -0.05) is 115 Å². The van der Waals surface area contributed by atoms with Crippen molar-refractivity contribution in [3.8, 4) is 16.9 Å². The Morgan fingerprint density at radius 2 is 1.18 bits per heavy atom. The number of para-hydroxylation sites is 4. The van der Waals surface area contributed by atoms with Crippen LogP contribution in [0.25, 0.3) is 59.1 Å². The summed E-state index contributed by atoms with van der Waals surface area (Å²) in [5, 5.41) is 16.8. The summed E-state index contributed by atoms with van der Waals surface area (Å²) in [5.74, 6) is 1.32. The van der Waals surface area contributed by atoms with E-state index in [-0.39, 0.29) is 5.75 Å². The van der Waals surface area contributed by atoms with Crippen LogP contribution in [-0.4, -0.2) is 5.11 Å². The number of allylic oxidation sites excluding steroid dienone is 1. The van der Waals surface area contributed by atoms with Gasteiger partial charge >= 0.3 is 0 Å². The lowest BCUT2D eigenvalue weighted by Gasteiger charge is -2.27. The van der Waals surface area contributed by atoms with Gasteiger partial charge in [-0.25, -0.2) is 0 Å². The molecule has 0 radical (unpaired) electrons. The maximum atomic E-state index is 10.8. The monoisotopic (exact) mass is 752 g/mol. The number of nitrogens with zero attached hydrogens (tertiary/aromatic N) is 2. The summed E-state index contributed by atoms with van der Waals surface area (Å²) in [6, 6.07) is 61.7. The van der Waals surface area contributed by atoms with Gasteiger partial charge in [0.2, 0.25) is 0 Å². The molecule has 1 aliphatic rings. The van der Waals surface area contributed by atoms with E-state index in [1.54, 1.807) is 6.07 Å². The van der Waals surface area contributed by atoms with Crippen molar-refractivity contribution in [2.45, 2.75) is 12.8 Å². The molecule has 0 bridgehead atoms. The first-order valence-corrected chi connectivity index (χ1v) is 20.2. The van der Waals surface area contributed by atoms with Gasteiger partial charge in [0.25, 0.3) is 0 Å². The molecule has 10 aromatic rings. The minimum absolute atomic E-state index is 0.264. The number of fused-ring (bicyclic) bond motifs is 8. The Balaban J connectivity index is 1.12. The van der Waals surface area contributed by atoms with Crippen molar-refractivity contribution < 1.29 is 9.52 Å². The molecule has 0 spiro atoms. The third-order valence-electron chi connectivity index (χ3n) is 11.2. The number of anilines is 6. The average Bonchev–Trinajstić information content (AvgIpc) is 3.84. The second-order valence-electron chi connectivity index (χ2n) is 14.5. The topological polar surface area (TPSA) is 39.9 Å². The molecule has 272 valence electrons. The zero-order valence-electron chi connectivity index (χ0n) is 31.0. The molecule has 0 fully saturated rings. The summed E-state index contributed by atoms with van der Waals surface area (Å²) in [6.45, 7) is 0. The second kappa shape index (κ2) is 13.6. The van der Waals surface area contributed by atoms with Gasteiger partial charge in [0.05, 0.1) is 11.4 Å². The fourth-order valence-corrected chi connectivity index (χ4v) is 9.74. The molecule has 8 aromatic carbocycles. The van der Waals surface area contributed by atoms with Gasteiger partial charge in [-0.05, 0) is 90.2 Å². The molecule has 1 aliphatic carbocycles. The van der Waals surface area contributed by atoms with E-state index in [1.165, 1.54) is 31.1 Å². The molecule has 0 amide bonds. The van der Waals surface area contributed by atoms with E-state index in [2.05, 4.69) is 174 Å². The molecule has 0 atom stereocenters. The first-order chi connectivity index (χ1) is 28.2. The second-order valence-corrected chi connectivity index (χ2v) is 15.6. The summed E-state index contributed by atoms with van der Waals surface area (Å²) >= 11 is 1.83. The highest BCUT2D eigenvalue weighted by molar-refractivity contribution is 7.26. The predicted octanol–water partition coefficient (Wildman–Crippen LogP) is 15.2. The molecule has 2 aromatic heterocycles. The number of aryl methyl sites for hydroxylation is 1. The summed E-state index contributed by atoms with van der Waals surface area (Å²) in [7, 11) is 0. The van der Waals surface area contributed by atoms with Crippen LogP contribution >= 0.6 is 11.3 Å². The highest BCUT2D eigenvalue weighted by Crippen LogP contribution is 2.49. The number of hydrogen-bond acceptors (Lipinski definition) is 5. The molecule has 0 saturated carbocycles. The number of phenols is 1. The highest BCUT2D eigenvalue weighted by atomic mass is 32.1. The van der Waals surface area contributed by atoms with Crippen LogP contribution in [0, 0.1) is 0 Å². The average molecular weight is 753 g/mol. The van der Waals surface area contributed by atoms with Crippen molar-refractivity contribution in [3.63, 3.8) is 0 Å². The Labute approximate surface area is 334 Å². The van der Waals surface area contributed by atoms with E-state index in [0.29, 0.717) is 0 Å². The van der Waals surface area contributed by atoms with Gasteiger partial charge < -0.3 is 19.3 Å². The third kappa shape index (κ3) is 5.58. The van der Waals surface area contributed by atoms with Crippen LogP contribution in [0.4, 0.5) is 34.1 Å². The smallest absolute Gasteiger partial charge is 0.158 e. The van der Waals surface area contributed by atoms with Crippen molar-refractivity contribution in [2.24, 2.45) is 0 Å². The first kappa shape index (κ1) is 33.3. The number of hydrogen-bond donors (Lipinski definition) is 1.